The van der Waals surface area contributed by atoms with E-state index < -0.39 is 18.6 Å². The smallest absolute Gasteiger partial charge is 0.336 e. The van der Waals surface area contributed by atoms with Crippen molar-refractivity contribution < 1.29 is 18.0 Å². The third-order valence-corrected chi connectivity index (χ3v) is 2.77. The van der Waals surface area contributed by atoms with E-state index in [1.54, 1.807) is 0 Å². The van der Waals surface area contributed by atoms with Crippen LogP contribution in [0.25, 0.3) is 0 Å². The van der Waals surface area contributed by atoms with E-state index in [2.05, 4.69) is 5.32 Å². The van der Waals surface area contributed by atoms with E-state index in [1.165, 1.54) is 7.05 Å². The Morgan fingerprint density at radius 1 is 1.47 bits per heavy atom. The van der Waals surface area contributed by atoms with Crippen LogP contribution in [0, 0.1) is 5.92 Å². The standard InChI is InChI=1S/C10H17F3N2O.ClH/c1-7-5-8(3-4-14-7)9(16)15(2)6-10(11,12)13;/h7-8,14H,3-6H2,1-2H3;1H/t7-,8-;/m0./s1. The van der Waals surface area contributed by atoms with Crippen LogP contribution < -0.4 is 5.32 Å². The summed E-state index contributed by atoms with van der Waals surface area (Å²) < 4.78 is 36.3. The molecule has 0 radical (unpaired) electrons. The van der Waals surface area contributed by atoms with Crippen molar-refractivity contribution >= 4 is 18.3 Å². The molecule has 1 aliphatic rings. The molecule has 3 nitrogen and oxygen atoms in total. The lowest BCUT2D eigenvalue weighted by atomic mass is 9.92. The van der Waals surface area contributed by atoms with E-state index >= 15 is 0 Å². The second-order valence-corrected chi connectivity index (χ2v) is 4.39. The van der Waals surface area contributed by atoms with Crippen LogP contribution in [0.4, 0.5) is 13.2 Å². The van der Waals surface area contributed by atoms with Gasteiger partial charge in [-0.1, -0.05) is 0 Å². The molecule has 17 heavy (non-hydrogen) atoms. The molecule has 1 saturated heterocycles. The number of carbonyl (C=O) groups is 1. The van der Waals surface area contributed by atoms with Crippen LogP contribution in [-0.4, -0.2) is 43.2 Å². The molecule has 1 amide bonds. The van der Waals surface area contributed by atoms with Crippen LogP contribution >= 0.6 is 12.4 Å². The zero-order chi connectivity index (χ0) is 12.3. The molecule has 1 aliphatic heterocycles. The predicted octanol–water partition coefficient (Wildman–Crippen LogP) is 1.82. The van der Waals surface area contributed by atoms with E-state index in [4.69, 9.17) is 0 Å². The maximum absolute atomic E-state index is 12.1. The van der Waals surface area contributed by atoms with Crippen LogP contribution in [0.2, 0.25) is 0 Å². The molecule has 0 saturated carbocycles. The van der Waals surface area contributed by atoms with Crippen molar-refractivity contribution in [1.29, 1.82) is 0 Å². The fraction of sp³-hybridized carbons (Fsp3) is 0.900. The first-order chi connectivity index (χ1) is 7.29. The molecule has 102 valence electrons. The summed E-state index contributed by atoms with van der Waals surface area (Å²) in [7, 11) is 1.21. The van der Waals surface area contributed by atoms with Crippen molar-refractivity contribution in [2.24, 2.45) is 5.92 Å². The highest BCUT2D eigenvalue weighted by atomic mass is 35.5. The number of nitrogens with one attached hydrogen (secondary N) is 1. The molecule has 0 spiro atoms. The molecule has 0 aliphatic carbocycles. The molecule has 2 atom stereocenters. The molecular formula is C10H18ClF3N2O. The molecule has 0 aromatic rings. The zero-order valence-corrected chi connectivity index (χ0v) is 10.7. The Bertz CT molecular complexity index is 260. The second-order valence-electron chi connectivity index (χ2n) is 4.39. The highest BCUT2D eigenvalue weighted by Crippen LogP contribution is 2.21. The van der Waals surface area contributed by atoms with Crippen LogP contribution in [0.1, 0.15) is 19.8 Å². The molecule has 0 aromatic carbocycles. The number of amides is 1. The van der Waals surface area contributed by atoms with Crippen molar-refractivity contribution in [3.8, 4) is 0 Å². The summed E-state index contributed by atoms with van der Waals surface area (Å²) in [6.07, 6.45) is -3.09. The fourth-order valence-electron chi connectivity index (χ4n) is 2.01. The lowest BCUT2D eigenvalue weighted by Gasteiger charge is -2.30. The number of rotatable bonds is 2. The first kappa shape index (κ1) is 16.5. The number of hydrogen-bond donors (Lipinski definition) is 1. The van der Waals surface area contributed by atoms with Gasteiger partial charge in [0.2, 0.25) is 5.91 Å². The Morgan fingerprint density at radius 2 is 2.06 bits per heavy atom. The monoisotopic (exact) mass is 274 g/mol. The number of alkyl halides is 3. The Balaban J connectivity index is 0.00000256. The fourth-order valence-corrected chi connectivity index (χ4v) is 2.01. The molecule has 7 heteroatoms. The number of piperidine rings is 1. The van der Waals surface area contributed by atoms with Crippen LogP contribution in [0.5, 0.6) is 0 Å². The van der Waals surface area contributed by atoms with Crippen molar-refractivity contribution in [3.63, 3.8) is 0 Å². The molecule has 1 heterocycles. The van der Waals surface area contributed by atoms with E-state index in [1.807, 2.05) is 6.92 Å². The molecule has 1 rings (SSSR count). The molecule has 1 N–H and O–H groups in total. The molecule has 0 aromatic heterocycles. The lowest BCUT2D eigenvalue weighted by Crippen LogP contribution is -2.45. The first-order valence-electron chi connectivity index (χ1n) is 5.34. The van der Waals surface area contributed by atoms with Gasteiger partial charge in [-0.3, -0.25) is 4.79 Å². The second kappa shape index (κ2) is 6.44. The van der Waals surface area contributed by atoms with E-state index in [9.17, 15) is 18.0 Å². The van der Waals surface area contributed by atoms with Gasteiger partial charge in [-0.25, -0.2) is 0 Å². The summed E-state index contributed by atoms with van der Waals surface area (Å²) in [6.45, 7) is 1.46. The van der Waals surface area contributed by atoms with Gasteiger partial charge in [0.15, 0.2) is 0 Å². The van der Waals surface area contributed by atoms with Gasteiger partial charge in [-0.2, -0.15) is 13.2 Å². The molecule has 0 bridgehead atoms. The minimum absolute atomic E-state index is 0. The third kappa shape index (κ3) is 5.59. The average molecular weight is 275 g/mol. The van der Waals surface area contributed by atoms with Crippen molar-refractivity contribution in [2.45, 2.75) is 32.0 Å². The van der Waals surface area contributed by atoms with Crippen molar-refractivity contribution in [2.75, 3.05) is 20.1 Å². The van der Waals surface area contributed by atoms with Crippen molar-refractivity contribution in [3.05, 3.63) is 0 Å². The highest BCUT2D eigenvalue weighted by Gasteiger charge is 2.34. The Kier molecular flexibility index (Phi) is 6.26. The van der Waals surface area contributed by atoms with Gasteiger partial charge in [0.1, 0.15) is 6.54 Å². The summed E-state index contributed by atoms with van der Waals surface area (Å²) in [6, 6.07) is 0.196. The number of hydrogen-bond acceptors (Lipinski definition) is 2. The van der Waals surface area contributed by atoms with Crippen LogP contribution in [0.15, 0.2) is 0 Å². The maximum atomic E-state index is 12.1. The van der Waals surface area contributed by atoms with Crippen LogP contribution in [0.3, 0.4) is 0 Å². The largest absolute Gasteiger partial charge is 0.406 e. The number of halogens is 4. The van der Waals surface area contributed by atoms with Gasteiger partial charge in [-0.05, 0) is 26.3 Å². The van der Waals surface area contributed by atoms with Gasteiger partial charge in [0.05, 0.1) is 0 Å². The first-order valence-corrected chi connectivity index (χ1v) is 5.34. The number of nitrogens with zero attached hydrogens (tertiary/aromatic N) is 1. The Labute approximate surface area is 105 Å². The molecule has 0 unspecified atom stereocenters. The van der Waals surface area contributed by atoms with E-state index in [0.29, 0.717) is 19.4 Å². The average Bonchev–Trinajstić information content (AvgIpc) is 2.14. The quantitative estimate of drug-likeness (QED) is 0.833. The third-order valence-electron chi connectivity index (χ3n) is 2.77. The summed E-state index contributed by atoms with van der Waals surface area (Å²) in [5.74, 6) is -0.672. The van der Waals surface area contributed by atoms with E-state index in [0.717, 1.165) is 4.90 Å². The Hall–Kier alpha value is -0.490. The normalized spacial score (nSPS) is 25.0. The minimum atomic E-state index is -4.32. The predicted molar refractivity (Wildman–Crippen MR) is 61.1 cm³/mol. The van der Waals surface area contributed by atoms with Gasteiger partial charge < -0.3 is 10.2 Å². The SMILES string of the molecule is C[C@H]1C[C@@H](C(=O)N(C)CC(F)(F)F)CCN1.Cl. The summed E-state index contributed by atoms with van der Waals surface area (Å²) in [4.78, 5) is 12.5. The lowest BCUT2D eigenvalue weighted by molar-refractivity contribution is -0.161. The van der Waals surface area contributed by atoms with Crippen LogP contribution in [-0.2, 0) is 4.79 Å². The number of carbonyl (C=O) groups excluding carboxylic acids is 1. The molecule has 1 fully saturated rings. The highest BCUT2D eigenvalue weighted by molar-refractivity contribution is 5.85. The Morgan fingerprint density at radius 3 is 2.53 bits per heavy atom. The summed E-state index contributed by atoms with van der Waals surface area (Å²) >= 11 is 0. The van der Waals surface area contributed by atoms with Crippen molar-refractivity contribution in [1.82, 2.24) is 10.2 Å². The maximum Gasteiger partial charge on any atom is 0.406 e. The van der Waals surface area contributed by atoms with Gasteiger partial charge in [-0.15, -0.1) is 12.4 Å². The van der Waals surface area contributed by atoms with Gasteiger partial charge in [0, 0.05) is 19.0 Å². The zero-order valence-electron chi connectivity index (χ0n) is 9.88. The summed E-state index contributed by atoms with van der Waals surface area (Å²) in [5, 5.41) is 3.16. The minimum Gasteiger partial charge on any atom is -0.336 e. The van der Waals surface area contributed by atoms with Gasteiger partial charge >= 0.3 is 6.18 Å². The van der Waals surface area contributed by atoms with E-state index in [-0.39, 0.29) is 24.4 Å². The molecular weight excluding hydrogens is 257 g/mol. The van der Waals surface area contributed by atoms with Gasteiger partial charge in [0.25, 0.3) is 0 Å². The topological polar surface area (TPSA) is 32.3 Å². The summed E-state index contributed by atoms with van der Waals surface area (Å²) in [5.41, 5.74) is 0.